The molecule has 32 heavy (non-hydrogen) atoms. The molecule has 0 amide bonds. The Bertz CT molecular complexity index is 1050. The molecule has 2 aliphatic heterocycles. The SMILES string of the molecule is O=CC1NC2(CO1)c1ccc(Br)c(F)c1OCC2c1ncc(C(F)(F)F)cc1OC(F)F. The molecule has 1 aromatic heterocycles. The van der Waals surface area contributed by atoms with Gasteiger partial charge in [-0.05, 0) is 28.1 Å². The number of benzene rings is 1. The van der Waals surface area contributed by atoms with Gasteiger partial charge in [-0.25, -0.2) is 4.39 Å². The van der Waals surface area contributed by atoms with Crippen LogP contribution in [0.1, 0.15) is 22.7 Å². The molecular formula is C19H13BrF6N2O4. The molecule has 0 bridgehead atoms. The largest absolute Gasteiger partial charge is 0.489 e. The fourth-order valence-electron chi connectivity index (χ4n) is 3.88. The van der Waals surface area contributed by atoms with Crippen molar-refractivity contribution >= 4 is 22.2 Å². The van der Waals surface area contributed by atoms with Gasteiger partial charge in [0.1, 0.15) is 5.75 Å². The van der Waals surface area contributed by atoms with Crippen molar-refractivity contribution in [2.75, 3.05) is 13.2 Å². The quantitative estimate of drug-likeness (QED) is 0.477. The number of halogens is 7. The van der Waals surface area contributed by atoms with E-state index in [1.54, 1.807) is 0 Å². The third-order valence-electron chi connectivity index (χ3n) is 5.29. The first-order valence-corrected chi connectivity index (χ1v) is 9.84. The number of ether oxygens (including phenoxy) is 3. The molecule has 4 rings (SSSR count). The summed E-state index contributed by atoms with van der Waals surface area (Å²) in [5.41, 5.74) is -2.83. The van der Waals surface area contributed by atoms with E-state index in [1.807, 2.05) is 0 Å². The van der Waals surface area contributed by atoms with Crippen LogP contribution in [0.4, 0.5) is 26.3 Å². The fraction of sp³-hybridized carbons (Fsp3) is 0.368. The molecule has 6 nitrogen and oxygen atoms in total. The number of nitrogens with zero attached hydrogens (tertiary/aromatic N) is 1. The number of hydrogen-bond acceptors (Lipinski definition) is 6. The lowest BCUT2D eigenvalue weighted by Crippen LogP contribution is -2.52. The van der Waals surface area contributed by atoms with E-state index < -0.39 is 47.6 Å². The molecule has 2 aromatic rings. The van der Waals surface area contributed by atoms with Crippen LogP contribution in [0, 0.1) is 5.82 Å². The van der Waals surface area contributed by atoms with E-state index in [0.29, 0.717) is 18.5 Å². The fourth-order valence-corrected chi connectivity index (χ4v) is 4.20. The summed E-state index contributed by atoms with van der Waals surface area (Å²) < 4.78 is 95.5. The zero-order valence-electron chi connectivity index (χ0n) is 15.8. The number of nitrogens with one attached hydrogen (secondary N) is 1. The molecule has 1 aromatic carbocycles. The average molecular weight is 527 g/mol. The predicted molar refractivity (Wildman–Crippen MR) is 98.8 cm³/mol. The first kappa shape index (κ1) is 22.8. The zero-order valence-corrected chi connectivity index (χ0v) is 17.3. The molecule has 0 aliphatic carbocycles. The number of alkyl halides is 5. The van der Waals surface area contributed by atoms with Gasteiger partial charge in [0.05, 0.1) is 40.4 Å². The summed E-state index contributed by atoms with van der Waals surface area (Å²) in [6.07, 6.45) is -5.07. The van der Waals surface area contributed by atoms with E-state index in [9.17, 15) is 31.1 Å². The Labute approximate surface area is 185 Å². The summed E-state index contributed by atoms with van der Waals surface area (Å²) in [5, 5.41) is 2.88. The summed E-state index contributed by atoms with van der Waals surface area (Å²) in [7, 11) is 0. The molecular weight excluding hydrogens is 514 g/mol. The van der Waals surface area contributed by atoms with Gasteiger partial charge < -0.3 is 14.2 Å². The number of fused-ring (bicyclic) bond motifs is 2. The minimum atomic E-state index is -4.86. The second-order valence-corrected chi connectivity index (χ2v) is 7.92. The van der Waals surface area contributed by atoms with Crippen LogP contribution in [-0.4, -0.2) is 37.3 Å². The topological polar surface area (TPSA) is 69.7 Å². The third kappa shape index (κ3) is 3.82. The first-order chi connectivity index (χ1) is 15.1. The summed E-state index contributed by atoms with van der Waals surface area (Å²) >= 11 is 3.04. The van der Waals surface area contributed by atoms with Gasteiger partial charge in [-0.3, -0.25) is 15.1 Å². The lowest BCUT2D eigenvalue weighted by Gasteiger charge is -2.42. The molecule has 3 unspecified atom stereocenters. The second kappa shape index (κ2) is 8.19. The van der Waals surface area contributed by atoms with Crippen LogP contribution in [0.2, 0.25) is 0 Å². The molecule has 13 heteroatoms. The lowest BCUT2D eigenvalue weighted by molar-refractivity contribution is -0.138. The van der Waals surface area contributed by atoms with E-state index in [2.05, 4.69) is 31.0 Å². The second-order valence-electron chi connectivity index (χ2n) is 7.07. The van der Waals surface area contributed by atoms with Crippen molar-refractivity contribution in [3.8, 4) is 11.5 Å². The Kier molecular flexibility index (Phi) is 5.84. The minimum Gasteiger partial charge on any atom is -0.489 e. The maximum Gasteiger partial charge on any atom is 0.418 e. The highest BCUT2D eigenvalue weighted by Crippen LogP contribution is 2.51. The Morgan fingerprint density at radius 3 is 2.72 bits per heavy atom. The van der Waals surface area contributed by atoms with Gasteiger partial charge in [-0.1, -0.05) is 6.07 Å². The maximum absolute atomic E-state index is 14.7. The number of hydrogen-bond donors (Lipinski definition) is 1. The van der Waals surface area contributed by atoms with Gasteiger partial charge in [0, 0.05) is 11.8 Å². The number of aromatic nitrogens is 1. The Morgan fingerprint density at radius 2 is 2.09 bits per heavy atom. The number of aldehydes is 1. The molecule has 172 valence electrons. The average Bonchev–Trinajstić information content (AvgIpc) is 3.15. The van der Waals surface area contributed by atoms with Crippen molar-refractivity contribution in [3.63, 3.8) is 0 Å². The summed E-state index contributed by atoms with van der Waals surface area (Å²) in [6, 6.07) is 3.25. The van der Waals surface area contributed by atoms with Crippen LogP contribution in [-0.2, 0) is 21.2 Å². The van der Waals surface area contributed by atoms with Gasteiger partial charge in [0.15, 0.2) is 24.1 Å². The Morgan fingerprint density at radius 1 is 1.34 bits per heavy atom. The molecule has 3 atom stereocenters. The summed E-state index contributed by atoms with van der Waals surface area (Å²) in [5.74, 6) is -2.82. The van der Waals surface area contributed by atoms with Crippen LogP contribution in [0.5, 0.6) is 11.5 Å². The van der Waals surface area contributed by atoms with Gasteiger partial charge >= 0.3 is 12.8 Å². The predicted octanol–water partition coefficient (Wildman–Crippen LogP) is 4.12. The molecule has 0 radical (unpaired) electrons. The van der Waals surface area contributed by atoms with E-state index in [0.717, 1.165) is 0 Å². The zero-order chi connectivity index (χ0) is 23.3. The van der Waals surface area contributed by atoms with Crippen molar-refractivity contribution in [1.82, 2.24) is 10.3 Å². The highest BCUT2D eigenvalue weighted by atomic mass is 79.9. The maximum atomic E-state index is 14.7. The van der Waals surface area contributed by atoms with E-state index >= 15 is 0 Å². The van der Waals surface area contributed by atoms with Crippen molar-refractivity contribution < 1.29 is 45.3 Å². The Balaban J connectivity index is 1.89. The first-order valence-electron chi connectivity index (χ1n) is 9.04. The number of carbonyl (C=O) groups is 1. The lowest BCUT2D eigenvalue weighted by atomic mass is 9.75. The summed E-state index contributed by atoms with van der Waals surface area (Å²) in [6.45, 7) is -4.05. The van der Waals surface area contributed by atoms with Gasteiger partial charge in [-0.15, -0.1) is 0 Å². The molecule has 1 fully saturated rings. The number of carbonyl (C=O) groups excluding carboxylic acids is 1. The van der Waals surface area contributed by atoms with Crippen molar-refractivity contribution in [3.05, 3.63) is 51.5 Å². The van der Waals surface area contributed by atoms with Crippen LogP contribution < -0.4 is 14.8 Å². The highest BCUT2D eigenvalue weighted by Gasteiger charge is 2.54. The molecule has 1 N–H and O–H groups in total. The molecule has 1 saturated heterocycles. The van der Waals surface area contributed by atoms with Gasteiger partial charge in [0.25, 0.3) is 0 Å². The molecule has 3 heterocycles. The molecule has 1 spiro atoms. The van der Waals surface area contributed by atoms with Gasteiger partial charge in [-0.2, -0.15) is 22.0 Å². The van der Waals surface area contributed by atoms with E-state index in [4.69, 9.17) is 9.47 Å². The minimum absolute atomic E-state index is 0.0880. The van der Waals surface area contributed by atoms with Crippen LogP contribution in [0.25, 0.3) is 0 Å². The van der Waals surface area contributed by atoms with Crippen LogP contribution >= 0.6 is 15.9 Å². The molecule has 0 saturated carbocycles. The smallest absolute Gasteiger partial charge is 0.418 e. The normalized spacial score (nSPS) is 25.0. The molecule has 2 aliphatic rings. The number of rotatable bonds is 4. The monoisotopic (exact) mass is 526 g/mol. The number of pyridine rings is 1. The van der Waals surface area contributed by atoms with E-state index in [-0.39, 0.29) is 34.7 Å². The highest BCUT2D eigenvalue weighted by molar-refractivity contribution is 9.10. The van der Waals surface area contributed by atoms with Crippen LogP contribution in [0.15, 0.2) is 28.9 Å². The van der Waals surface area contributed by atoms with Crippen molar-refractivity contribution in [2.45, 2.75) is 30.5 Å². The standard InChI is InChI=1S/C19H13BrF6N2O4/c20-11-2-1-9-16(14(11)21)30-6-10(18(9)7-31-13(5-29)28-18)15-12(32-17(22)23)3-8(4-27-15)19(24,25)26/h1-5,10,13,17,28H,6-7H2. The van der Waals surface area contributed by atoms with Crippen molar-refractivity contribution in [1.29, 1.82) is 0 Å². The van der Waals surface area contributed by atoms with E-state index in [1.165, 1.54) is 12.1 Å². The third-order valence-corrected chi connectivity index (χ3v) is 5.90. The van der Waals surface area contributed by atoms with Crippen LogP contribution in [0.3, 0.4) is 0 Å². The van der Waals surface area contributed by atoms with Gasteiger partial charge in [0.2, 0.25) is 0 Å². The van der Waals surface area contributed by atoms with Crippen molar-refractivity contribution in [2.24, 2.45) is 0 Å². The summed E-state index contributed by atoms with van der Waals surface area (Å²) in [4.78, 5) is 15.1. The Hall–Kier alpha value is -2.38.